The van der Waals surface area contributed by atoms with Gasteiger partial charge in [-0.3, -0.25) is 4.90 Å². The molecule has 1 aliphatic rings. The molecule has 17 heavy (non-hydrogen) atoms. The molecule has 1 aromatic rings. The van der Waals surface area contributed by atoms with Crippen molar-refractivity contribution in [2.24, 2.45) is 5.73 Å². The molecular weight excluding hydrogens is 232 g/mol. The Morgan fingerprint density at radius 3 is 2.59 bits per heavy atom. The van der Waals surface area contributed by atoms with E-state index in [4.69, 9.17) is 5.73 Å². The third kappa shape index (κ3) is 3.07. The number of rotatable bonds is 3. The second-order valence-electron chi connectivity index (χ2n) is 5.35. The number of nitrogens with two attached hydrogens (primary N) is 1. The predicted molar refractivity (Wildman–Crippen MR) is 72.1 cm³/mol. The van der Waals surface area contributed by atoms with Crippen molar-refractivity contribution in [1.82, 2.24) is 4.90 Å². The number of piperidine rings is 1. The van der Waals surface area contributed by atoms with Gasteiger partial charge < -0.3 is 10.8 Å². The van der Waals surface area contributed by atoms with Gasteiger partial charge in [0.05, 0.1) is 11.6 Å². The van der Waals surface area contributed by atoms with Crippen molar-refractivity contribution in [1.29, 1.82) is 0 Å². The van der Waals surface area contributed by atoms with Gasteiger partial charge in [-0.2, -0.15) is 0 Å². The minimum atomic E-state index is -0.492. The Morgan fingerprint density at radius 2 is 2.12 bits per heavy atom. The molecule has 2 heterocycles. The van der Waals surface area contributed by atoms with Crippen LogP contribution in [0, 0.1) is 0 Å². The van der Waals surface area contributed by atoms with Crippen LogP contribution in [-0.2, 0) is 0 Å². The monoisotopic (exact) mass is 254 g/mol. The third-order valence-electron chi connectivity index (χ3n) is 3.60. The maximum Gasteiger partial charge on any atom is 0.0644 e. The minimum absolute atomic E-state index is 0.122. The van der Waals surface area contributed by atoms with Gasteiger partial charge in [0, 0.05) is 24.0 Å². The van der Waals surface area contributed by atoms with Gasteiger partial charge in [-0.25, -0.2) is 0 Å². The molecule has 0 aromatic carbocycles. The molecule has 0 radical (unpaired) electrons. The lowest BCUT2D eigenvalue weighted by molar-refractivity contribution is -0.0189. The fraction of sp³-hybridized carbons (Fsp3) is 0.692. The van der Waals surface area contributed by atoms with Crippen molar-refractivity contribution < 1.29 is 5.11 Å². The highest BCUT2D eigenvalue weighted by molar-refractivity contribution is 7.10. The van der Waals surface area contributed by atoms with Gasteiger partial charge in [0.2, 0.25) is 0 Å². The first-order valence-corrected chi connectivity index (χ1v) is 7.13. The van der Waals surface area contributed by atoms with Crippen molar-refractivity contribution in [3.05, 3.63) is 22.4 Å². The zero-order chi connectivity index (χ0) is 12.5. The van der Waals surface area contributed by atoms with Crippen molar-refractivity contribution in [2.75, 3.05) is 13.1 Å². The summed E-state index contributed by atoms with van der Waals surface area (Å²) in [5.41, 5.74) is 5.64. The van der Waals surface area contributed by atoms with Crippen molar-refractivity contribution in [2.45, 2.75) is 44.4 Å². The summed E-state index contributed by atoms with van der Waals surface area (Å²) >= 11 is 1.77. The molecular formula is C13H22N2OS. The molecule has 3 nitrogen and oxygen atoms in total. The lowest BCUT2D eigenvalue weighted by Gasteiger charge is -2.41. The average molecular weight is 254 g/mol. The zero-order valence-corrected chi connectivity index (χ0v) is 11.4. The molecule has 3 N–H and O–H groups in total. The number of aliphatic hydroxyl groups is 1. The summed E-state index contributed by atoms with van der Waals surface area (Å²) in [7, 11) is 0. The molecule has 1 fully saturated rings. The summed E-state index contributed by atoms with van der Waals surface area (Å²) in [6.45, 7) is 5.85. The minimum Gasteiger partial charge on any atom is -0.390 e. The van der Waals surface area contributed by atoms with E-state index in [1.54, 1.807) is 11.3 Å². The molecule has 4 heteroatoms. The Balaban J connectivity index is 2.09. The summed E-state index contributed by atoms with van der Waals surface area (Å²) < 4.78 is 0. The maximum absolute atomic E-state index is 9.99. The summed E-state index contributed by atoms with van der Waals surface area (Å²) in [5, 5.41) is 12.1. The molecule has 2 rings (SSSR count). The molecule has 0 amide bonds. The van der Waals surface area contributed by atoms with Gasteiger partial charge in [-0.1, -0.05) is 6.07 Å². The number of likely N-dealkylation sites (tertiary alicyclic amines) is 1. The first-order chi connectivity index (χ1) is 7.99. The number of hydrogen-bond acceptors (Lipinski definition) is 4. The Hall–Kier alpha value is -0.420. The molecule has 0 bridgehead atoms. The van der Waals surface area contributed by atoms with Crippen LogP contribution in [-0.4, -0.2) is 34.7 Å². The summed E-state index contributed by atoms with van der Waals surface area (Å²) in [6.07, 6.45) is 1.67. The lowest BCUT2D eigenvalue weighted by atomic mass is 9.92. The highest BCUT2D eigenvalue weighted by Crippen LogP contribution is 2.32. The number of thiophene rings is 1. The van der Waals surface area contributed by atoms with Crippen molar-refractivity contribution in [3.8, 4) is 0 Å². The topological polar surface area (TPSA) is 49.5 Å². The number of hydrogen-bond donors (Lipinski definition) is 2. The largest absolute Gasteiger partial charge is 0.390 e. The van der Waals surface area contributed by atoms with Gasteiger partial charge >= 0.3 is 0 Å². The zero-order valence-electron chi connectivity index (χ0n) is 10.6. The number of nitrogens with zero attached hydrogens (tertiary/aromatic N) is 1. The van der Waals surface area contributed by atoms with Crippen LogP contribution in [0.15, 0.2) is 17.5 Å². The SMILES string of the molecule is CC(N)C(c1cccs1)N1CCC(C)(O)CC1. The molecule has 96 valence electrons. The van der Waals surface area contributed by atoms with E-state index in [9.17, 15) is 5.11 Å². The fourth-order valence-electron chi connectivity index (χ4n) is 2.52. The van der Waals surface area contributed by atoms with Gasteiger partial charge in [0.1, 0.15) is 0 Å². The van der Waals surface area contributed by atoms with E-state index >= 15 is 0 Å². The summed E-state index contributed by atoms with van der Waals surface area (Å²) in [6, 6.07) is 4.66. The van der Waals surface area contributed by atoms with Crippen LogP contribution in [0.25, 0.3) is 0 Å². The van der Waals surface area contributed by atoms with E-state index in [-0.39, 0.29) is 6.04 Å². The normalized spacial score (nSPS) is 24.5. The first-order valence-electron chi connectivity index (χ1n) is 6.25. The average Bonchev–Trinajstić information content (AvgIpc) is 2.74. The first kappa shape index (κ1) is 13.0. The lowest BCUT2D eigenvalue weighted by Crippen LogP contribution is -2.47. The van der Waals surface area contributed by atoms with Gasteiger partial charge in [0.15, 0.2) is 0 Å². The molecule has 1 aromatic heterocycles. The molecule has 0 spiro atoms. The Labute approximate surface area is 107 Å². The van der Waals surface area contributed by atoms with Crippen molar-refractivity contribution >= 4 is 11.3 Å². The van der Waals surface area contributed by atoms with Gasteiger partial charge in [0.25, 0.3) is 0 Å². The summed E-state index contributed by atoms with van der Waals surface area (Å²) in [5.74, 6) is 0. The van der Waals surface area contributed by atoms with Crippen LogP contribution in [0.1, 0.15) is 37.6 Å². The molecule has 1 aliphatic heterocycles. The third-order valence-corrected chi connectivity index (χ3v) is 4.54. The molecule has 1 saturated heterocycles. The van der Waals surface area contributed by atoms with E-state index in [0.29, 0.717) is 6.04 Å². The Bertz CT molecular complexity index is 338. The second kappa shape index (κ2) is 5.06. The van der Waals surface area contributed by atoms with Crippen LogP contribution in [0.3, 0.4) is 0 Å². The van der Waals surface area contributed by atoms with Crippen LogP contribution in [0.5, 0.6) is 0 Å². The smallest absolute Gasteiger partial charge is 0.0644 e. The van der Waals surface area contributed by atoms with E-state index in [1.165, 1.54) is 4.88 Å². The highest BCUT2D eigenvalue weighted by Gasteiger charge is 2.33. The fourth-order valence-corrected chi connectivity index (χ4v) is 3.49. The van der Waals surface area contributed by atoms with Crippen LogP contribution >= 0.6 is 11.3 Å². The molecule has 2 unspecified atom stereocenters. The van der Waals surface area contributed by atoms with Crippen LogP contribution in [0.4, 0.5) is 0 Å². The van der Waals surface area contributed by atoms with Crippen LogP contribution < -0.4 is 5.73 Å². The molecule has 2 atom stereocenters. The second-order valence-corrected chi connectivity index (χ2v) is 6.33. The van der Waals surface area contributed by atoms with E-state index in [2.05, 4.69) is 29.3 Å². The Morgan fingerprint density at radius 1 is 1.47 bits per heavy atom. The molecule has 0 aliphatic carbocycles. The van der Waals surface area contributed by atoms with Crippen molar-refractivity contribution in [3.63, 3.8) is 0 Å². The maximum atomic E-state index is 9.99. The van der Waals surface area contributed by atoms with E-state index < -0.39 is 5.60 Å². The predicted octanol–water partition coefficient (Wildman–Crippen LogP) is 1.98. The van der Waals surface area contributed by atoms with Crippen LogP contribution in [0.2, 0.25) is 0 Å². The summed E-state index contributed by atoms with van der Waals surface area (Å²) in [4.78, 5) is 3.75. The quantitative estimate of drug-likeness (QED) is 0.867. The van der Waals surface area contributed by atoms with Gasteiger partial charge in [-0.05, 0) is 38.1 Å². The highest BCUT2D eigenvalue weighted by atomic mass is 32.1. The van der Waals surface area contributed by atoms with Gasteiger partial charge in [-0.15, -0.1) is 11.3 Å². The van der Waals surface area contributed by atoms with E-state index in [0.717, 1.165) is 25.9 Å². The van der Waals surface area contributed by atoms with E-state index in [1.807, 2.05) is 6.92 Å². The molecule has 0 saturated carbocycles. The standard InChI is InChI=1S/C13H22N2OS/c1-10(14)12(11-4-3-9-17-11)15-7-5-13(2,16)6-8-15/h3-4,9-10,12,16H,5-8,14H2,1-2H3. The Kier molecular flexibility index (Phi) is 3.88.